The molecule has 32 heavy (non-hydrogen) atoms. The normalized spacial score (nSPS) is 16.0. The SMILES string of the molecule is N#Cc1ccc(COC(=O)C[C@@H]2c3ccccc3CCN2S(=O)(=O)c2ccccc2)cc1. The van der Waals surface area contributed by atoms with Gasteiger partial charge in [0.25, 0.3) is 0 Å². The molecule has 0 saturated carbocycles. The smallest absolute Gasteiger partial charge is 0.308 e. The predicted molar refractivity (Wildman–Crippen MR) is 119 cm³/mol. The summed E-state index contributed by atoms with van der Waals surface area (Å²) in [5, 5.41) is 8.89. The lowest BCUT2D eigenvalue weighted by Crippen LogP contribution is -2.41. The Bertz CT molecular complexity index is 1250. The molecule has 1 aliphatic heterocycles. The number of carbonyl (C=O) groups excluding carboxylic acids is 1. The number of hydrogen-bond donors (Lipinski definition) is 0. The molecule has 0 bridgehead atoms. The predicted octanol–water partition coefficient (Wildman–Crippen LogP) is 3.98. The van der Waals surface area contributed by atoms with Crippen LogP contribution in [-0.4, -0.2) is 25.2 Å². The minimum atomic E-state index is -3.78. The minimum absolute atomic E-state index is 0.0599. The molecule has 0 fully saturated rings. The number of sulfonamides is 1. The summed E-state index contributed by atoms with van der Waals surface area (Å²) in [5.74, 6) is -0.482. The fraction of sp³-hybridized carbons (Fsp3) is 0.200. The molecule has 162 valence electrons. The highest BCUT2D eigenvalue weighted by atomic mass is 32.2. The molecule has 0 spiro atoms. The van der Waals surface area contributed by atoms with Crippen LogP contribution in [0.25, 0.3) is 0 Å². The van der Waals surface area contributed by atoms with E-state index in [2.05, 4.69) is 0 Å². The summed E-state index contributed by atoms with van der Waals surface area (Å²) in [6, 6.07) is 24.1. The fourth-order valence-corrected chi connectivity index (χ4v) is 5.54. The summed E-state index contributed by atoms with van der Waals surface area (Å²) in [6.07, 6.45) is 0.498. The highest BCUT2D eigenvalue weighted by molar-refractivity contribution is 7.89. The van der Waals surface area contributed by atoms with Crippen molar-refractivity contribution in [1.29, 1.82) is 5.26 Å². The Kier molecular flexibility index (Phi) is 6.35. The molecule has 4 rings (SSSR count). The average Bonchev–Trinajstić information content (AvgIpc) is 2.83. The van der Waals surface area contributed by atoms with Gasteiger partial charge in [0, 0.05) is 6.54 Å². The lowest BCUT2D eigenvalue weighted by molar-refractivity contribution is -0.146. The second-order valence-corrected chi connectivity index (χ2v) is 9.46. The van der Waals surface area contributed by atoms with Crippen LogP contribution in [0.3, 0.4) is 0 Å². The Balaban J connectivity index is 1.56. The van der Waals surface area contributed by atoms with E-state index in [1.165, 1.54) is 4.31 Å². The Morgan fingerprint density at radius 2 is 1.69 bits per heavy atom. The Hall–Kier alpha value is -3.47. The van der Waals surface area contributed by atoms with Crippen molar-refractivity contribution in [3.05, 3.63) is 101 Å². The Morgan fingerprint density at radius 3 is 2.41 bits per heavy atom. The summed E-state index contributed by atoms with van der Waals surface area (Å²) in [6.45, 7) is 0.353. The summed E-state index contributed by atoms with van der Waals surface area (Å²) in [5.41, 5.74) is 3.15. The fourth-order valence-electron chi connectivity index (χ4n) is 3.91. The van der Waals surface area contributed by atoms with E-state index in [0.717, 1.165) is 16.7 Å². The number of esters is 1. The number of nitriles is 1. The second kappa shape index (κ2) is 9.35. The summed E-state index contributed by atoms with van der Waals surface area (Å²) in [4.78, 5) is 12.9. The third-order valence-corrected chi connectivity index (χ3v) is 7.48. The van der Waals surface area contributed by atoms with Crippen molar-refractivity contribution in [2.24, 2.45) is 0 Å². The van der Waals surface area contributed by atoms with Gasteiger partial charge in [-0.25, -0.2) is 8.42 Å². The van der Waals surface area contributed by atoms with Crippen LogP contribution in [0.1, 0.15) is 34.7 Å². The first-order valence-corrected chi connectivity index (χ1v) is 11.7. The van der Waals surface area contributed by atoms with Crippen LogP contribution in [0.4, 0.5) is 0 Å². The molecule has 6 nitrogen and oxygen atoms in total. The third kappa shape index (κ3) is 4.57. The zero-order chi connectivity index (χ0) is 22.6. The van der Waals surface area contributed by atoms with Gasteiger partial charge < -0.3 is 4.74 Å². The molecular formula is C25H22N2O4S. The number of rotatable bonds is 6. The number of hydrogen-bond acceptors (Lipinski definition) is 5. The number of carbonyl (C=O) groups is 1. The van der Waals surface area contributed by atoms with Crippen molar-refractivity contribution >= 4 is 16.0 Å². The van der Waals surface area contributed by atoms with Gasteiger partial charge in [-0.1, -0.05) is 54.6 Å². The first-order valence-electron chi connectivity index (χ1n) is 10.3. The largest absolute Gasteiger partial charge is 0.461 e. The van der Waals surface area contributed by atoms with E-state index >= 15 is 0 Å². The molecule has 0 saturated heterocycles. The van der Waals surface area contributed by atoms with Crippen LogP contribution in [0.2, 0.25) is 0 Å². The summed E-state index contributed by atoms with van der Waals surface area (Å²) >= 11 is 0. The first-order chi connectivity index (χ1) is 15.5. The molecule has 7 heteroatoms. The van der Waals surface area contributed by atoms with Crippen LogP contribution in [0.5, 0.6) is 0 Å². The van der Waals surface area contributed by atoms with Crippen LogP contribution in [0, 0.1) is 11.3 Å². The monoisotopic (exact) mass is 446 g/mol. The molecule has 0 aromatic heterocycles. The number of benzene rings is 3. The van der Waals surface area contributed by atoms with Gasteiger partial charge >= 0.3 is 5.97 Å². The molecule has 0 N–H and O–H groups in total. The topological polar surface area (TPSA) is 87.5 Å². The van der Waals surface area contributed by atoms with Crippen molar-refractivity contribution in [3.63, 3.8) is 0 Å². The molecule has 3 aromatic carbocycles. The van der Waals surface area contributed by atoms with Gasteiger partial charge in [-0.15, -0.1) is 0 Å². The zero-order valence-electron chi connectivity index (χ0n) is 17.3. The number of fused-ring (bicyclic) bond motifs is 1. The summed E-state index contributed by atoms with van der Waals surface area (Å²) in [7, 11) is -3.78. The van der Waals surface area contributed by atoms with Gasteiger partial charge in [-0.2, -0.15) is 9.57 Å². The van der Waals surface area contributed by atoms with Crippen molar-refractivity contribution < 1.29 is 17.9 Å². The van der Waals surface area contributed by atoms with Gasteiger partial charge in [0.1, 0.15) is 6.61 Å². The number of ether oxygens (including phenoxy) is 1. The van der Waals surface area contributed by atoms with E-state index in [1.54, 1.807) is 54.6 Å². The quantitative estimate of drug-likeness (QED) is 0.535. The van der Waals surface area contributed by atoms with Crippen LogP contribution >= 0.6 is 0 Å². The lowest BCUT2D eigenvalue weighted by atomic mass is 9.92. The van der Waals surface area contributed by atoms with Crippen molar-refractivity contribution in [3.8, 4) is 6.07 Å². The van der Waals surface area contributed by atoms with Crippen molar-refractivity contribution in [2.75, 3.05) is 6.54 Å². The van der Waals surface area contributed by atoms with Gasteiger partial charge in [0.05, 0.1) is 29.0 Å². The summed E-state index contributed by atoms with van der Waals surface area (Å²) < 4.78 is 33.6. The lowest BCUT2D eigenvalue weighted by Gasteiger charge is -2.36. The molecule has 1 aliphatic rings. The molecule has 0 amide bonds. The maximum Gasteiger partial charge on any atom is 0.308 e. The second-order valence-electron chi connectivity index (χ2n) is 7.57. The zero-order valence-corrected chi connectivity index (χ0v) is 18.2. The van der Waals surface area contributed by atoms with Crippen LogP contribution in [-0.2, 0) is 32.6 Å². The minimum Gasteiger partial charge on any atom is -0.461 e. The maximum atomic E-state index is 13.4. The van der Waals surface area contributed by atoms with E-state index in [4.69, 9.17) is 10.00 Å². The molecule has 3 aromatic rings. The van der Waals surface area contributed by atoms with E-state index in [9.17, 15) is 13.2 Å². The molecule has 0 unspecified atom stereocenters. The molecule has 0 radical (unpaired) electrons. The van der Waals surface area contributed by atoms with Gasteiger partial charge in [-0.3, -0.25) is 4.79 Å². The van der Waals surface area contributed by atoms with Crippen molar-refractivity contribution in [2.45, 2.75) is 30.4 Å². The maximum absolute atomic E-state index is 13.4. The average molecular weight is 447 g/mol. The van der Waals surface area contributed by atoms with Gasteiger partial charge in [-0.05, 0) is 47.4 Å². The van der Waals surface area contributed by atoms with Crippen LogP contribution in [0.15, 0.2) is 83.8 Å². The highest BCUT2D eigenvalue weighted by Crippen LogP contribution is 2.36. The molecular weight excluding hydrogens is 424 g/mol. The van der Waals surface area contributed by atoms with Gasteiger partial charge in [0.15, 0.2) is 0 Å². The van der Waals surface area contributed by atoms with E-state index in [-0.39, 0.29) is 17.9 Å². The first kappa shape index (κ1) is 21.8. The number of nitrogens with zero attached hydrogens (tertiary/aromatic N) is 2. The Labute approximate surface area is 187 Å². The van der Waals surface area contributed by atoms with E-state index in [0.29, 0.717) is 18.5 Å². The van der Waals surface area contributed by atoms with Gasteiger partial charge in [0.2, 0.25) is 10.0 Å². The molecule has 1 heterocycles. The van der Waals surface area contributed by atoms with Crippen molar-refractivity contribution in [1.82, 2.24) is 4.31 Å². The molecule has 1 atom stereocenters. The van der Waals surface area contributed by atoms with Crippen LogP contribution < -0.4 is 0 Å². The Morgan fingerprint density at radius 1 is 1.00 bits per heavy atom. The highest BCUT2D eigenvalue weighted by Gasteiger charge is 2.37. The standard InChI is InChI=1S/C25H22N2O4S/c26-17-19-10-12-20(13-11-19)18-31-25(28)16-24-23-9-5-4-6-21(23)14-15-27(24)32(29,30)22-7-2-1-3-8-22/h1-13,24H,14-16,18H2/t24-/m1/s1. The van der Waals surface area contributed by atoms with E-state index < -0.39 is 22.0 Å². The molecule has 0 aliphatic carbocycles. The third-order valence-electron chi connectivity index (χ3n) is 5.56. The van der Waals surface area contributed by atoms with E-state index in [1.807, 2.05) is 30.3 Å².